The molecule has 0 spiro atoms. The van der Waals surface area contributed by atoms with Crippen molar-refractivity contribution < 1.29 is 9.59 Å². The van der Waals surface area contributed by atoms with Gasteiger partial charge in [0.05, 0.1) is 5.69 Å². The number of carbonyl (C=O) groups is 2. The van der Waals surface area contributed by atoms with Crippen LogP contribution in [0.15, 0.2) is 10.5 Å². The van der Waals surface area contributed by atoms with E-state index in [1.165, 1.54) is 11.3 Å². The molecule has 1 aromatic rings. The lowest BCUT2D eigenvalue weighted by Crippen LogP contribution is -2.37. The fourth-order valence-electron chi connectivity index (χ4n) is 1.58. The topological polar surface area (TPSA) is 95.5 Å². The number of nitrogens with zero attached hydrogens (tertiary/aromatic N) is 2. The highest BCUT2D eigenvalue weighted by atomic mass is 32.1. The molecule has 0 radical (unpaired) electrons. The summed E-state index contributed by atoms with van der Waals surface area (Å²) >= 11 is 1.53. The van der Waals surface area contributed by atoms with E-state index in [-0.39, 0.29) is 11.8 Å². The van der Waals surface area contributed by atoms with Gasteiger partial charge in [0, 0.05) is 38.2 Å². The zero-order valence-corrected chi connectivity index (χ0v) is 11.3. The van der Waals surface area contributed by atoms with Crippen LogP contribution in [-0.2, 0) is 16.0 Å². The summed E-state index contributed by atoms with van der Waals surface area (Å²) in [5.74, 6) is -0.386. The molecule has 0 unspecified atom stereocenters. The minimum absolute atomic E-state index is 0.154. The molecule has 0 bridgehead atoms. The first-order valence-electron chi connectivity index (χ1n) is 5.95. The predicted molar refractivity (Wildman–Crippen MR) is 73.2 cm³/mol. The van der Waals surface area contributed by atoms with Gasteiger partial charge < -0.3 is 10.6 Å². The SMILES string of the molecule is CNc1nc(CCNC(=O)C2=NNC(=O)CC2)cs1. The third-order valence-corrected chi connectivity index (χ3v) is 3.51. The summed E-state index contributed by atoms with van der Waals surface area (Å²) in [5, 5.41) is 12.3. The van der Waals surface area contributed by atoms with Gasteiger partial charge in [-0.3, -0.25) is 9.59 Å². The number of carbonyl (C=O) groups excluding carboxylic acids is 2. The molecule has 3 N–H and O–H groups in total. The third kappa shape index (κ3) is 3.75. The van der Waals surface area contributed by atoms with Crippen molar-refractivity contribution >= 4 is 34.0 Å². The minimum atomic E-state index is -0.232. The lowest BCUT2D eigenvalue weighted by molar-refractivity contribution is -0.121. The molecule has 0 atom stereocenters. The number of rotatable bonds is 5. The molecular formula is C11H15N5O2S. The van der Waals surface area contributed by atoms with Crippen molar-refractivity contribution in [2.45, 2.75) is 19.3 Å². The van der Waals surface area contributed by atoms with Gasteiger partial charge >= 0.3 is 0 Å². The molecule has 2 rings (SSSR count). The number of hydrogen-bond donors (Lipinski definition) is 3. The standard InChI is InChI=1S/C11H15N5O2S/c1-12-11-14-7(6-19-11)4-5-13-10(18)8-2-3-9(17)16-15-8/h6H,2-5H2,1H3,(H,12,14)(H,13,18)(H,16,17). The Kier molecular flexibility index (Phi) is 4.45. The number of hydrogen-bond acceptors (Lipinski definition) is 6. The molecule has 0 aromatic carbocycles. The van der Waals surface area contributed by atoms with Crippen molar-refractivity contribution in [1.82, 2.24) is 15.7 Å². The van der Waals surface area contributed by atoms with E-state index in [1.807, 2.05) is 12.4 Å². The molecule has 0 saturated carbocycles. The van der Waals surface area contributed by atoms with Gasteiger partial charge in [0.2, 0.25) is 5.91 Å². The van der Waals surface area contributed by atoms with Crippen LogP contribution < -0.4 is 16.1 Å². The second kappa shape index (κ2) is 6.28. The summed E-state index contributed by atoms with van der Waals surface area (Å²) in [6, 6.07) is 0. The summed E-state index contributed by atoms with van der Waals surface area (Å²) < 4.78 is 0. The van der Waals surface area contributed by atoms with E-state index in [0.717, 1.165) is 10.8 Å². The van der Waals surface area contributed by atoms with Crippen LogP contribution in [0, 0.1) is 0 Å². The van der Waals surface area contributed by atoms with Gasteiger partial charge in [0.1, 0.15) is 5.71 Å². The van der Waals surface area contributed by atoms with Crippen molar-refractivity contribution in [3.05, 3.63) is 11.1 Å². The maximum absolute atomic E-state index is 11.7. The molecule has 0 aliphatic carbocycles. The van der Waals surface area contributed by atoms with Crippen LogP contribution in [0.3, 0.4) is 0 Å². The van der Waals surface area contributed by atoms with Crippen LogP contribution in [0.2, 0.25) is 0 Å². The summed E-state index contributed by atoms with van der Waals surface area (Å²) in [7, 11) is 1.82. The minimum Gasteiger partial charge on any atom is -0.365 e. The van der Waals surface area contributed by atoms with Crippen molar-refractivity contribution in [2.75, 3.05) is 18.9 Å². The van der Waals surface area contributed by atoms with E-state index in [4.69, 9.17) is 0 Å². The maximum Gasteiger partial charge on any atom is 0.267 e. The first kappa shape index (κ1) is 13.5. The molecular weight excluding hydrogens is 266 g/mol. The molecule has 19 heavy (non-hydrogen) atoms. The molecule has 1 aliphatic rings. The normalized spacial score (nSPS) is 14.6. The third-order valence-electron chi connectivity index (χ3n) is 2.60. The van der Waals surface area contributed by atoms with Crippen LogP contribution in [0.25, 0.3) is 0 Å². The highest BCUT2D eigenvalue weighted by molar-refractivity contribution is 7.13. The number of nitrogens with one attached hydrogen (secondary N) is 3. The van der Waals surface area contributed by atoms with Gasteiger partial charge in [-0.15, -0.1) is 11.3 Å². The van der Waals surface area contributed by atoms with Crippen molar-refractivity contribution in [1.29, 1.82) is 0 Å². The number of hydrazone groups is 1. The molecule has 0 fully saturated rings. The number of anilines is 1. The predicted octanol–water partition coefficient (Wildman–Crippen LogP) is 0.109. The Morgan fingerprint density at radius 2 is 2.37 bits per heavy atom. The molecule has 8 heteroatoms. The van der Waals surface area contributed by atoms with Crippen LogP contribution in [0.1, 0.15) is 18.5 Å². The van der Waals surface area contributed by atoms with Gasteiger partial charge in [0.15, 0.2) is 5.13 Å². The van der Waals surface area contributed by atoms with Gasteiger partial charge in [-0.1, -0.05) is 0 Å². The summed E-state index contributed by atoms with van der Waals surface area (Å²) in [4.78, 5) is 26.9. The Labute approximate surface area is 114 Å². The molecule has 1 aromatic heterocycles. The molecule has 2 heterocycles. The average molecular weight is 281 g/mol. The summed E-state index contributed by atoms with van der Waals surface area (Å²) in [6.07, 6.45) is 1.37. The first-order chi connectivity index (χ1) is 9.19. The summed E-state index contributed by atoms with van der Waals surface area (Å²) in [5.41, 5.74) is 3.61. The van der Waals surface area contributed by atoms with E-state index in [0.29, 0.717) is 31.5 Å². The van der Waals surface area contributed by atoms with Crippen molar-refractivity contribution in [3.8, 4) is 0 Å². The number of amides is 2. The van der Waals surface area contributed by atoms with Crippen LogP contribution in [-0.4, -0.2) is 36.1 Å². The highest BCUT2D eigenvalue weighted by Gasteiger charge is 2.17. The van der Waals surface area contributed by atoms with Crippen LogP contribution in [0.4, 0.5) is 5.13 Å². The molecule has 2 amide bonds. The van der Waals surface area contributed by atoms with Gasteiger partial charge in [-0.05, 0) is 0 Å². The quantitative estimate of drug-likeness (QED) is 0.714. The van der Waals surface area contributed by atoms with Gasteiger partial charge in [-0.2, -0.15) is 5.10 Å². The molecule has 102 valence electrons. The average Bonchev–Trinajstić information content (AvgIpc) is 2.87. The van der Waals surface area contributed by atoms with E-state index in [9.17, 15) is 9.59 Å². The van der Waals surface area contributed by atoms with Gasteiger partial charge in [-0.25, -0.2) is 10.4 Å². The largest absolute Gasteiger partial charge is 0.365 e. The second-order valence-corrected chi connectivity index (χ2v) is 4.85. The van der Waals surface area contributed by atoms with Crippen molar-refractivity contribution in [3.63, 3.8) is 0 Å². The monoisotopic (exact) mass is 281 g/mol. The zero-order valence-electron chi connectivity index (χ0n) is 10.5. The Bertz CT molecular complexity index is 511. The van der Waals surface area contributed by atoms with Crippen molar-refractivity contribution in [2.24, 2.45) is 5.10 Å². The Morgan fingerprint density at radius 1 is 1.53 bits per heavy atom. The number of aromatic nitrogens is 1. The lowest BCUT2D eigenvalue weighted by Gasteiger charge is -2.11. The smallest absolute Gasteiger partial charge is 0.267 e. The first-order valence-corrected chi connectivity index (χ1v) is 6.83. The van der Waals surface area contributed by atoms with Crippen LogP contribution >= 0.6 is 11.3 Å². The van der Waals surface area contributed by atoms with Gasteiger partial charge in [0.25, 0.3) is 5.91 Å². The lowest BCUT2D eigenvalue weighted by atomic mass is 10.1. The molecule has 0 saturated heterocycles. The van der Waals surface area contributed by atoms with E-state index >= 15 is 0 Å². The van der Waals surface area contributed by atoms with Crippen LogP contribution in [0.5, 0.6) is 0 Å². The highest BCUT2D eigenvalue weighted by Crippen LogP contribution is 2.14. The maximum atomic E-state index is 11.7. The fraction of sp³-hybridized carbons (Fsp3) is 0.455. The summed E-state index contributed by atoms with van der Waals surface area (Å²) in [6.45, 7) is 0.499. The zero-order chi connectivity index (χ0) is 13.7. The number of thiazole rings is 1. The van der Waals surface area contributed by atoms with E-state index in [1.54, 1.807) is 0 Å². The molecule has 7 nitrogen and oxygen atoms in total. The Morgan fingerprint density at radius 3 is 3.00 bits per heavy atom. The fourth-order valence-corrected chi connectivity index (χ4v) is 2.29. The molecule has 1 aliphatic heterocycles. The Hall–Kier alpha value is -1.96. The van der Waals surface area contributed by atoms with E-state index < -0.39 is 0 Å². The van der Waals surface area contributed by atoms with E-state index in [2.05, 4.69) is 26.1 Å². The second-order valence-electron chi connectivity index (χ2n) is 3.99. The Balaban J connectivity index is 1.76.